The van der Waals surface area contributed by atoms with Gasteiger partial charge in [-0.2, -0.15) is 5.10 Å². The van der Waals surface area contributed by atoms with Gasteiger partial charge >= 0.3 is 0 Å². The number of amides is 2. The summed E-state index contributed by atoms with van der Waals surface area (Å²) in [4.78, 5) is 43.5. The van der Waals surface area contributed by atoms with Crippen molar-refractivity contribution in [3.63, 3.8) is 0 Å². The number of hydrogen-bond donors (Lipinski definition) is 0. The molecule has 1 aromatic carbocycles. The van der Waals surface area contributed by atoms with Gasteiger partial charge in [-0.05, 0) is 38.1 Å². The number of oxime groups is 1. The van der Waals surface area contributed by atoms with Crippen molar-refractivity contribution in [1.29, 1.82) is 0 Å². The molecule has 0 unspecified atom stereocenters. The first-order chi connectivity index (χ1) is 12.4. The van der Waals surface area contributed by atoms with E-state index in [4.69, 9.17) is 4.84 Å². The molecule has 0 N–H and O–H groups in total. The van der Waals surface area contributed by atoms with Crippen LogP contribution in [-0.2, 0) is 21.5 Å². The van der Waals surface area contributed by atoms with E-state index in [1.54, 1.807) is 42.2 Å². The van der Waals surface area contributed by atoms with E-state index in [1.807, 2.05) is 6.92 Å². The fourth-order valence-corrected chi connectivity index (χ4v) is 3.25. The second-order valence-corrected chi connectivity index (χ2v) is 6.36. The van der Waals surface area contributed by atoms with Gasteiger partial charge in [0.25, 0.3) is 5.91 Å². The molecule has 2 aliphatic rings. The fraction of sp³-hybridized carbons (Fsp3) is 0.278. The predicted octanol–water partition coefficient (Wildman–Crippen LogP) is 1.22. The molecule has 8 heteroatoms. The molecule has 1 fully saturated rings. The topological polar surface area (TPSA) is 93.9 Å². The van der Waals surface area contributed by atoms with Crippen LogP contribution in [0.5, 0.6) is 0 Å². The Kier molecular flexibility index (Phi) is 3.50. The van der Waals surface area contributed by atoms with Crippen LogP contribution in [0.4, 0.5) is 5.69 Å². The quantitative estimate of drug-likeness (QED) is 0.612. The predicted molar refractivity (Wildman–Crippen MR) is 91.8 cm³/mol. The molecule has 1 saturated heterocycles. The van der Waals surface area contributed by atoms with Crippen molar-refractivity contribution >= 4 is 29.0 Å². The summed E-state index contributed by atoms with van der Waals surface area (Å²) in [6, 6.07) is 6.35. The van der Waals surface area contributed by atoms with Crippen molar-refractivity contribution in [3.05, 3.63) is 47.3 Å². The van der Waals surface area contributed by atoms with Gasteiger partial charge in [0.15, 0.2) is 5.78 Å². The molecule has 2 amide bonds. The Labute approximate surface area is 149 Å². The first-order valence-electron chi connectivity index (χ1n) is 8.11. The lowest BCUT2D eigenvalue weighted by atomic mass is 9.94. The van der Waals surface area contributed by atoms with E-state index in [0.29, 0.717) is 22.5 Å². The standard InChI is InChI=1S/C18H16N4O4/c1-9-13(8-19-21(9)3)15-14-16(26-20-15)18(25)22(17(14)24)12-6-4-11(5-7-12)10(2)23/h4-8,14,16H,1-3H3/t14-,16-/m0/s1. The van der Waals surface area contributed by atoms with Crippen LogP contribution in [0.2, 0.25) is 0 Å². The van der Waals surface area contributed by atoms with Gasteiger partial charge in [0.2, 0.25) is 12.0 Å². The molecule has 26 heavy (non-hydrogen) atoms. The van der Waals surface area contributed by atoms with Crippen LogP contribution in [0.1, 0.15) is 28.5 Å². The van der Waals surface area contributed by atoms with Gasteiger partial charge in [0.05, 0.1) is 11.9 Å². The molecule has 0 spiro atoms. The van der Waals surface area contributed by atoms with Crippen molar-refractivity contribution < 1.29 is 19.2 Å². The van der Waals surface area contributed by atoms with Crippen LogP contribution < -0.4 is 4.90 Å². The van der Waals surface area contributed by atoms with E-state index in [-0.39, 0.29) is 5.78 Å². The number of fused-ring (bicyclic) bond motifs is 1. The molecule has 2 aliphatic heterocycles. The van der Waals surface area contributed by atoms with Gasteiger partial charge in [0, 0.05) is 23.9 Å². The Hall–Kier alpha value is -3.29. The molecule has 1 aromatic heterocycles. The second-order valence-electron chi connectivity index (χ2n) is 6.36. The van der Waals surface area contributed by atoms with E-state index >= 15 is 0 Å². The molecular weight excluding hydrogens is 336 g/mol. The van der Waals surface area contributed by atoms with Crippen LogP contribution in [0, 0.1) is 12.8 Å². The van der Waals surface area contributed by atoms with Gasteiger partial charge in [-0.25, -0.2) is 4.90 Å². The van der Waals surface area contributed by atoms with Crippen molar-refractivity contribution in [1.82, 2.24) is 9.78 Å². The minimum absolute atomic E-state index is 0.0858. The Balaban J connectivity index is 1.69. The number of aryl methyl sites for hydroxylation is 1. The zero-order valence-corrected chi connectivity index (χ0v) is 14.5. The third-order valence-electron chi connectivity index (χ3n) is 4.86. The first-order valence-corrected chi connectivity index (χ1v) is 8.11. The summed E-state index contributed by atoms with van der Waals surface area (Å²) in [6.45, 7) is 3.32. The fourth-order valence-electron chi connectivity index (χ4n) is 3.25. The lowest BCUT2D eigenvalue weighted by Gasteiger charge is -2.15. The smallest absolute Gasteiger partial charge is 0.278 e. The number of aromatic nitrogens is 2. The molecule has 0 saturated carbocycles. The summed E-state index contributed by atoms with van der Waals surface area (Å²) in [7, 11) is 1.79. The second kappa shape index (κ2) is 5.62. The zero-order valence-electron chi connectivity index (χ0n) is 14.5. The van der Waals surface area contributed by atoms with Crippen LogP contribution in [-0.4, -0.2) is 39.2 Å². The highest BCUT2D eigenvalue weighted by Crippen LogP contribution is 2.35. The molecule has 3 heterocycles. The monoisotopic (exact) mass is 352 g/mol. The maximum atomic E-state index is 13.0. The number of benzene rings is 1. The van der Waals surface area contributed by atoms with Crippen molar-refractivity contribution in [2.45, 2.75) is 20.0 Å². The van der Waals surface area contributed by atoms with E-state index < -0.39 is 23.8 Å². The molecule has 0 bridgehead atoms. The van der Waals surface area contributed by atoms with E-state index in [1.165, 1.54) is 6.92 Å². The van der Waals surface area contributed by atoms with E-state index in [9.17, 15) is 14.4 Å². The summed E-state index contributed by atoms with van der Waals surface area (Å²) in [5, 5.41) is 8.14. The molecule has 2 aromatic rings. The van der Waals surface area contributed by atoms with Crippen molar-refractivity contribution in [3.8, 4) is 0 Å². The number of hydrogen-bond acceptors (Lipinski definition) is 6. The summed E-state index contributed by atoms with van der Waals surface area (Å²) >= 11 is 0. The average Bonchev–Trinajstić information content (AvgIpc) is 3.25. The Morgan fingerprint density at radius 1 is 1.15 bits per heavy atom. The molecule has 8 nitrogen and oxygen atoms in total. The van der Waals surface area contributed by atoms with Crippen molar-refractivity contribution in [2.24, 2.45) is 18.1 Å². The maximum Gasteiger partial charge on any atom is 0.278 e. The van der Waals surface area contributed by atoms with Gasteiger partial charge < -0.3 is 4.84 Å². The molecule has 4 rings (SSSR count). The SMILES string of the molecule is CC(=O)c1ccc(N2C(=O)[C@H]3C(c4cnn(C)c4C)=NO[C@@H]3C2=O)cc1. The Morgan fingerprint density at radius 3 is 2.42 bits per heavy atom. The summed E-state index contributed by atoms with van der Waals surface area (Å²) in [6.07, 6.45) is 0.645. The minimum atomic E-state index is -0.968. The number of carbonyl (C=O) groups excluding carboxylic acids is 3. The first kappa shape index (κ1) is 16.2. The average molecular weight is 352 g/mol. The summed E-state index contributed by atoms with van der Waals surface area (Å²) in [5.41, 5.74) is 2.86. The Bertz CT molecular complexity index is 974. The van der Waals surface area contributed by atoms with Crippen LogP contribution in [0.3, 0.4) is 0 Å². The molecule has 132 valence electrons. The number of nitrogens with zero attached hydrogens (tertiary/aromatic N) is 4. The highest BCUT2D eigenvalue weighted by atomic mass is 16.6. The van der Waals surface area contributed by atoms with E-state index in [2.05, 4.69) is 10.3 Å². The lowest BCUT2D eigenvalue weighted by molar-refractivity contribution is -0.126. The van der Waals surface area contributed by atoms with E-state index in [0.717, 1.165) is 10.6 Å². The normalized spacial score (nSPS) is 21.7. The summed E-state index contributed by atoms with van der Waals surface area (Å²) < 4.78 is 1.67. The number of ketones is 1. The number of rotatable bonds is 3. The minimum Gasteiger partial charge on any atom is -0.381 e. The number of Topliss-reactive ketones (excluding diaryl/α,β-unsaturated/α-hetero) is 1. The van der Waals surface area contributed by atoms with Gasteiger partial charge in [-0.1, -0.05) is 5.16 Å². The lowest BCUT2D eigenvalue weighted by Crippen LogP contribution is -2.33. The largest absolute Gasteiger partial charge is 0.381 e. The molecule has 2 atom stereocenters. The third kappa shape index (κ3) is 2.18. The maximum absolute atomic E-state index is 13.0. The molecule has 0 aliphatic carbocycles. The van der Waals surface area contributed by atoms with Crippen LogP contribution in [0.15, 0.2) is 35.6 Å². The highest BCUT2D eigenvalue weighted by molar-refractivity contribution is 6.32. The van der Waals surface area contributed by atoms with Crippen LogP contribution >= 0.6 is 0 Å². The third-order valence-corrected chi connectivity index (χ3v) is 4.86. The zero-order chi connectivity index (χ0) is 18.6. The number of imide groups is 1. The highest BCUT2D eigenvalue weighted by Gasteiger charge is 2.56. The van der Waals surface area contributed by atoms with Crippen LogP contribution in [0.25, 0.3) is 0 Å². The van der Waals surface area contributed by atoms with Gasteiger partial charge in [-0.15, -0.1) is 0 Å². The number of anilines is 1. The van der Waals surface area contributed by atoms with Gasteiger partial charge in [-0.3, -0.25) is 19.1 Å². The van der Waals surface area contributed by atoms with Gasteiger partial charge in [0.1, 0.15) is 11.6 Å². The summed E-state index contributed by atoms with van der Waals surface area (Å²) in [5.74, 6) is -1.74. The number of carbonyl (C=O) groups is 3. The molecule has 0 radical (unpaired) electrons. The molecular formula is C18H16N4O4. The Morgan fingerprint density at radius 2 is 1.85 bits per heavy atom. The van der Waals surface area contributed by atoms with Crippen molar-refractivity contribution in [2.75, 3.05) is 4.90 Å².